The minimum absolute atomic E-state index is 0.0573. The van der Waals surface area contributed by atoms with Gasteiger partial charge in [0.15, 0.2) is 0 Å². The third kappa shape index (κ3) is 1.99. The molecule has 1 saturated heterocycles. The van der Waals surface area contributed by atoms with Crippen molar-refractivity contribution in [3.63, 3.8) is 0 Å². The average molecular weight is 244 g/mol. The monoisotopic (exact) mass is 244 g/mol. The van der Waals surface area contributed by atoms with Gasteiger partial charge in [-0.2, -0.15) is 0 Å². The molecule has 1 aliphatic rings. The molecule has 1 unspecified atom stereocenters. The fraction of sp³-hybridized carbons (Fsp3) is 0.357. The van der Waals surface area contributed by atoms with Crippen LogP contribution in [-0.4, -0.2) is 23.7 Å². The molecule has 1 fully saturated rings. The van der Waals surface area contributed by atoms with Gasteiger partial charge in [-0.15, -0.1) is 0 Å². The molecule has 4 nitrogen and oxygen atoms in total. The number of hydrogen-bond acceptors (Lipinski definition) is 3. The van der Waals surface area contributed by atoms with E-state index in [0.29, 0.717) is 6.61 Å². The first-order valence-corrected chi connectivity index (χ1v) is 6.14. The van der Waals surface area contributed by atoms with Crippen molar-refractivity contribution in [3.8, 4) is 0 Å². The molecule has 0 bridgehead atoms. The van der Waals surface area contributed by atoms with E-state index in [1.54, 1.807) is 0 Å². The number of aromatic nitrogens is 1. The normalized spacial score (nSPS) is 23.4. The molecule has 1 atom stereocenters. The highest BCUT2D eigenvalue weighted by atomic mass is 16.5. The Morgan fingerprint density at radius 1 is 1.39 bits per heavy atom. The van der Waals surface area contributed by atoms with Gasteiger partial charge in [-0.3, -0.25) is 4.79 Å². The number of nitrogens with one attached hydrogen (secondary N) is 2. The summed E-state index contributed by atoms with van der Waals surface area (Å²) in [5.41, 5.74) is -0.149. The van der Waals surface area contributed by atoms with Crippen molar-refractivity contribution < 1.29 is 4.74 Å². The van der Waals surface area contributed by atoms with E-state index >= 15 is 0 Å². The van der Waals surface area contributed by atoms with Gasteiger partial charge in [-0.05, 0) is 30.9 Å². The summed E-state index contributed by atoms with van der Waals surface area (Å²) >= 11 is 0. The van der Waals surface area contributed by atoms with Gasteiger partial charge < -0.3 is 15.0 Å². The SMILES string of the molecule is CC1(Nc2cc3ccccc3c(=O)[nH]2)CCOC1. The quantitative estimate of drug-likeness (QED) is 0.850. The molecular formula is C14H16N2O2. The second-order valence-electron chi connectivity index (χ2n) is 5.09. The molecule has 0 amide bonds. The number of H-pyrrole nitrogens is 1. The smallest absolute Gasteiger partial charge is 0.257 e. The van der Waals surface area contributed by atoms with Crippen LogP contribution in [0.1, 0.15) is 13.3 Å². The predicted octanol–water partition coefficient (Wildman–Crippen LogP) is 2.12. The van der Waals surface area contributed by atoms with Crippen molar-refractivity contribution in [1.82, 2.24) is 4.98 Å². The second kappa shape index (κ2) is 4.14. The zero-order valence-electron chi connectivity index (χ0n) is 10.3. The predicted molar refractivity (Wildman–Crippen MR) is 72.0 cm³/mol. The average Bonchev–Trinajstić information content (AvgIpc) is 2.76. The molecule has 1 aromatic heterocycles. The summed E-state index contributed by atoms with van der Waals surface area (Å²) in [6, 6.07) is 9.56. The highest BCUT2D eigenvalue weighted by molar-refractivity contribution is 5.83. The molecule has 0 radical (unpaired) electrons. The van der Waals surface area contributed by atoms with E-state index in [9.17, 15) is 4.79 Å². The first-order valence-electron chi connectivity index (χ1n) is 6.14. The van der Waals surface area contributed by atoms with Gasteiger partial charge in [0.2, 0.25) is 0 Å². The summed E-state index contributed by atoms with van der Waals surface area (Å²) in [6.45, 7) is 3.54. The van der Waals surface area contributed by atoms with Crippen LogP contribution in [0, 0.1) is 0 Å². The molecular weight excluding hydrogens is 228 g/mol. The second-order valence-corrected chi connectivity index (χ2v) is 5.09. The molecule has 0 saturated carbocycles. The fourth-order valence-corrected chi connectivity index (χ4v) is 2.37. The Morgan fingerprint density at radius 2 is 2.22 bits per heavy atom. The lowest BCUT2D eigenvalue weighted by atomic mass is 10.0. The molecule has 4 heteroatoms. The number of rotatable bonds is 2. The summed E-state index contributed by atoms with van der Waals surface area (Å²) in [5.74, 6) is 0.756. The van der Waals surface area contributed by atoms with Crippen molar-refractivity contribution in [2.45, 2.75) is 18.9 Å². The van der Waals surface area contributed by atoms with Crippen molar-refractivity contribution in [3.05, 3.63) is 40.7 Å². The maximum Gasteiger partial charge on any atom is 0.257 e. The molecule has 0 spiro atoms. The Labute approximate surface area is 105 Å². The van der Waals surface area contributed by atoms with Gasteiger partial charge in [-0.1, -0.05) is 18.2 Å². The van der Waals surface area contributed by atoms with Crippen LogP contribution in [0.15, 0.2) is 35.1 Å². The largest absolute Gasteiger partial charge is 0.379 e. The summed E-state index contributed by atoms with van der Waals surface area (Å²) in [7, 11) is 0. The molecule has 1 aromatic carbocycles. The van der Waals surface area contributed by atoms with Crippen molar-refractivity contribution in [2.24, 2.45) is 0 Å². The van der Waals surface area contributed by atoms with Crippen LogP contribution < -0.4 is 10.9 Å². The van der Waals surface area contributed by atoms with Crippen LogP contribution in [0.4, 0.5) is 5.82 Å². The number of ether oxygens (including phenoxy) is 1. The van der Waals surface area contributed by atoms with Gasteiger partial charge >= 0.3 is 0 Å². The highest BCUT2D eigenvalue weighted by Crippen LogP contribution is 2.23. The number of fused-ring (bicyclic) bond motifs is 1. The summed E-state index contributed by atoms with van der Waals surface area (Å²) in [4.78, 5) is 14.8. The Hall–Kier alpha value is -1.81. The Kier molecular flexibility index (Phi) is 2.59. The van der Waals surface area contributed by atoms with Crippen LogP contribution in [0.3, 0.4) is 0 Å². The maximum atomic E-state index is 12.0. The molecule has 3 rings (SSSR count). The maximum absolute atomic E-state index is 12.0. The lowest BCUT2D eigenvalue weighted by Crippen LogP contribution is -2.35. The standard InChI is InChI=1S/C14H16N2O2/c1-14(6-7-18-9-14)16-12-8-10-4-2-3-5-11(10)13(17)15-12/h2-5,8H,6-7,9H2,1H3,(H2,15,16,17). The van der Waals surface area contributed by atoms with Crippen molar-refractivity contribution in [1.29, 1.82) is 0 Å². The van der Waals surface area contributed by atoms with Crippen LogP contribution in [0.25, 0.3) is 10.8 Å². The van der Waals surface area contributed by atoms with E-state index < -0.39 is 0 Å². The number of aromatic amines is 1. The van der Waals surface area contributed by atoms with E-state index in [0.717, 1.165) is 29.6 Å². The third-order valence-corrected chi connectivity index (χ3v) is 3.41. The van der Waals surface area contributed by atoms with Crippen LogP contribution in [0.2, 0.25) is 0 Å². The van der Waals surface area contributed by atoms with Crippen molar-refractivity contribution >= 4 is 16.6 Å². The first-order chi connectivity index (χ1) is 8.66. The van der Waals surface area contributed by atoms with Crippen LogP contribution >= 0.6 is 0 Å². The Balaban J connectivity index is 2.00. The van der Waals surface area contributed by atoms with E-state index in [-0.39, 0.29) is 11.1 Å². The minimum atomic E-state index is -0.0919. The summed E-state index contributed by atoms with van der Waals surface area (Å²) in [6.07, 6.45) is 0.946. The number of benzene rings is 1. The summed E-state index contributed by atoms with van der Waals surface area (Å²) in [5, 5.41) is 5.04. The third-order valence-electron chi connectivity index (χ3n) is 3.41. The number of anilines is 1. The van der Waals surface area contributed by atoms with E-state index in [1.165, 1.54) is 0 Å². The molecule has 18 heavy (non-hydrogen) atoms. The van der Waals surface area contributed by atoms with Gasteiger partial charge in [0.1, 0.15) is 5.82 Å². The zero-order valence-corrected chi connectivity index (χ0v) is 10.3. The van der Waals surface area contributed by atoms with Crippen molar-refractivity contribution in [2.75, 3.05) is 18.5 Å². The van der Waals surface area contributed by atoms with E-state index in [1.807, 2.05) is 30.3 Å². The first kappa shape index (κ1) is 11.3. The van der Waals surface area contributed by atoms with Gasteiger partial charge in [0, 0.05) is 12.0 Å². The van der Waals surface area contributed by atoms with E-state index in [2.05, 4.69) is 17.2 Å². The van der Waals surface area contributed by atoms with Crippen LogP contribution in [0.5, 0.6) is 0 Å². The molecule has 2 N–H and O–H groups in total. The highest BCUT2D eigenvalue weighted by Gasteiger charge is 2.29. The zero-order chi connectivity index (χ0) is 12.6. The Bertz CT molecular complexity index is 627. The van der Waals surface area contributed by atoms with Gasteiger partial charge in [-0.25, -0.2) is 0 Å². The lowest BCUT2D eigenvalue weighted by molar-refractivity contribution is 0.185. The molecule has 1 aliphatic heterocycles. The Morgan fingerprint density at radius 3 is 3.00 bits per heavy atom. The van der Waals surface area contributed by atoms with Gasteiger partial charge in [0.05, 0.1) is 12.1 Å². The molecule has 0 aliphatic carbocycles. The minimum Gasteiger partial charge on any atom is -0.379 e. The van der Waals surface area contributed by atoms with E-state index in [4.69, 9.17) is 4.74 Å². The number of hydrogen-bond donors (Lipinski definition) is 2. The summed E-state index contributed by atoms with van der Waals surface area (Å²) < 4.78 is 5.40. The van der Waals surface area contributed by atoms with Gasteiger partial charge in [0.25, 0.3) is 5.56 Å². The fourth-order valence-electron chi connectivity index (χ4n) is 2.37. The van der Waals surface area contributed by atoms with Crippen LogP contribution in [-0.2, 0) is 4.74 Å². The molecule has 2 aromatic rings. The lowest BCUT2D eigenvalue weighted by Gasteiger charge is -2.24. The number of pyridine rings is 1. The molecule has 2 heterocycles. The molecule has 94 valence electrons. The topological polar surface area (TPSA) is 54.1 Å².